The molecule has 0 bridgehead atoms. The Labute approximate surface area is 91.3 Å². The van der Waals surface area contributed by atoms with Crippen LogP contribution in [0, 0.1) is 12.0 Å². The summed E-state index contributed by atoms with van der Waals surface area (Å²) in [6.45, 7) is 2.00. The molecule has 0 aliphatic rings. The first-order valence-corrected chi connectivity index (χ1v) is 7.43. The fourth-order valence-electron chi connectivity index (χ4n) is 1.40. The standard InChI is InChI=1S/C12H14O2Si/c1-4-15(3,10-12(13)14-2)11-8-6-5-7-9-11/h1,5-9H,10H2,2-3H3. The van der Waals surface area contributed by atoms with Gasteiger partial charge in [-0.05, 0) is 5.19 Å². The normalized spacial score (nSPS) is 13.7. The number of hydrogen-bond acceptors (Lipinski definition) is 2. The summed E-state index contributed by atoms with van der Waals surface area (Å²) in [4.78, 5) is 11.3. The number of ether oxygens (including phenoxy) is 1. The van der Waals surface area contributed by atoms with Crippen LogP contribution >= 0.6 is 0 Å². The van der Waals surface area contributed by atoms with E-state index in [1.807, 2.05) is 36.9 Å². The maximum atomic E-state index is 11.3. The Balaban J connectivity index is 2.97. The van der Waals surface area contributed by atoms with Crippen molar-refractivity contribution in [1.82, 2.24) is 0 Å². The van der Waals surface area contributed by atoms with E-state index < -0.39 is 8.07 Å². The number of rotatable bonds is 3. The number of methoxy groups -OCH3 is 1. The Morgan fingerprint density at radius 3 is 2.53 bits per heavy atom. The lowest BCUT2D eigenvalue weighted by molar-refractivity contribution is -0.138. The van der Waals surface area contributed by atoms with Crippen molar-refractivity contribution < 1.29 is 9.53 Å². The van der Waals surface area contributed by atoms with Crippen LogP contribution in [0.15, 0.2) is 30.3 Å². The first kappa shape index (κ1) is 11.5. The van der Waals surface area contributed by atoms with Crippen LogP contribution in [-0.4, -0.2) is 21.2 Å². The van der Waals surface area contributed by atoms with Crippen LogP contribution in [0.5, 0.6) is 0 Å². The average molecular weight is 218 g/mol. The van der Waals surface area contributed by atoms with Crippen LogP contribution in [0.1, 0.15) is 0 Å². The first-order valence-electron chi connectivity index (χ1n) is 4.72. The first-order chi connectivity index (χ1) is 7.12. The molecule has 1 rings (SSSR count). The molecule has 1 unspecified atom stereocenters. The molecule has 0 fully saturated rings. The molecule has 0 aromatic heterocycles. The Kier molecular flexibility index (Phi) is 3.70. The van der Waals surface area contributed by atoms with Gasteiger partial charge in [-0.1, -0.05) is 36.9 Å². The van der Waals surface area contributed by atoms with E-state index in [-0.39, 0.29) is 5.97 Å². The van der Waals surface area contributed by atoms with Gasteiger partial charge in [-0.15, -0.1) is 12.0 Å². The SMILES string of the molecule is C#C[Si](C)(CC(=O)OC)c1ccccc1. The predicted octanol–water partition coefficient (Wildman–Crippen LogP) is 1.32. The molecular formula is C12H14O2Si. The molecule has 0 N–H and O–H groups in total. The van der Waals surface area contributed by atoms with Gasteiger partial charge in [0.25, 0.3) is 0 Å². The highest BCUT2D eigenvalue weighted by Crippen LogP contribution is 2.09. The smallest absolute Gasteiger partial charge is 0.304 e. The summed E-state index contributed by atoms with van der Waals surface area (Å²) >= 11 is 0. The van der Waals surface area contributed by atoms with E-state index in [0.29, 0.717) is 6.04 Å². The Morgan fingerprint density at radius 1 is 1.47 bits per heavy atom. The van der Waals surface area contributed by atoms with Crippen molar-refractivity contribution in [2.24, 2.45) is 0 Å². The molecule has 0 amide bonds. The third kappa shape index (κ3) is 2.71. The Bertz CT molecular complexity index is 380. The lowest BCUT2D eigenvalue weighted by atomic mass is 10.4. The van der Waals surface area contributed by atoms with Crippen LogP contribution in [-0.2, 0) is 9.53 Å². The molecule has 0 saturated heterocycles. The second kappa shape index (κ2) is 4.81. The summed E-state index contributed by atoms with van der Waals surface area (Å²) in [5.74, 6) is -0.231. The number of carbonyl (C=O) groups excluding carboxylic acids is 1. The van der Waals surface area contributed by atoms with Crippen LogP contribution in [0.3, 0.4) is 0 Å². The highest BCUT2D eigenvalue weighted by atomic mass is 28.3. The molecule has 3 heteroatoms. The van der Waals surface area contributed by atoms with Gasteiger partial charge >= 0.3 is 5.97 Å². The van der Waals surface area contributed by atoms with E-state index >= 15 is 0 Å². The third-order valence-electron chi connectivity index (χ3n) is 2.46. The van der Waals surface area contributed by atoms with Crippen LogP contribution < -0.4 is 5.19 Å². The van der Waals surface area contributed by atoms with E-state index in [1.165, 1.54) is 7.11 Å². The second-order valence-corrected chi connectivity index (χ2v) is 7.48. The van der Waals surface area contributed by atoms with Crippen LogP contribution in [0.25, 0.3) is 0 Å². The number of benzene rings is 1. The van der Waals surface area contributed by atoms with Crippen LogP contribution in [0.4, 0.5) is 0 Å². The van der Waals surface area contributed by atoms with Gasteiger partial charge in [0.05, 0.1) is 13.2 Å². The minimum Gasteiger partial charge on any atom is -0.469 e. The number of esters is 1. The molecule has 78 valence electrons. The van der Waals surface area contributed by atoms with Gasteiger partial charge in [-0.3, -0.25) is 4.79 Å². The fourth-order valence-corrected chi connectivity index (χ4v) is 3.53. The number of hydrogen-bond donors (Lipinski definition) is 0. The second-order valence-electron chi connectivity index (χ2n) is 3.60. The topological polar surface area (TPSA) is 26.3 Å². The zero-order valence-electron chi connectivity index (χ0n) is 8.99. The Morgan fingerprint density at radius 2 is 2.07 bits per heavy atom. The Hall–Kier alpha value is -1.53. The van der Waals surface area contributed by atoms with Crippen molar-refractivity contribution in [2.75, 3.05) is 7.11 Å². The monoisotopic (exact) mass is 218 g/mol. The van der Waals surface area contributed by atoms with Crippen molar-refractivity contribution in [3.05, 3.63) is 30.3 Å². The highest BCUT2D eigenvalue weighted by molar-refractivity contribution is 6.99. The summed E-state index contributed by atoms with van der Waals surface area (Å²) in [7, 11) is -0.743. The van der Waals surface area contributed by atoms with Gasteiger partial charge in [-0.25, -0.2) is 0 Å². The largest absolute Gasteiger partial charge is 0.469 e. The molecule has 0 aliphatic carbocycles. The van der Waals surface area contributed by atoms with Crippen molar-refractivity contribution >= 4 is 19.2 Å². The molecule has 1 aromatic rings. The minimum absolute atomic E-state index is 0.231. The molecule has 0 aliphatic heterocycles. The molecule has 15 heavy (non-hydrogen) atoms. The summed E-state index contributed by atoms with van der Waals surface area (Å²) < 4.78 is 4.67. The van der Waals surface area contributed by atoms with Crippen molar-refractivity contribution in [3.8, 4) is 12.0 Å². The molecule has 0 heterocycles. The van der Waals surface area contributed by atoms with Crippen molar-refractivity contribution in [2.45, 2.75) is 12.6 Å². The van der Waals surface area contributed by atoms with E-state index in [0.717, 1.165) is 5.19 Å². The van der Waals surface area contributed by atoms with Crippen molar-refractivity contribution in [1.29, 1.82) is 0 Å². The average Bonchev–Trinajstić information content (AvgIpc) is 2.30. The van der Waals surface area contributed by atoms with Gasteiger partial charge in [0.2, 0.25) is 0 Å². The molecular weight excluding hydrogens is 204 g/mol. The molecule has 0 spiro atoms. The fraction of sp³-hybridized carbons (Fsp3) is 0.250. The summed E-state index contributed by atoms with van der Waals surface area (Å²) in [6.07, 6.45) is 5.55. The van der Waals surface area contributed by atoms with E-state index in [2.05, 4.69) is 10.3 Å². The van der Waals surface area contributed by atoms with Gasteiger partial charge < -0.3 is 4.74 Å². The van der Waals surface area contributed by atoms with Crippen LogP contribution in [0.2, 0.25) is 12.6 Å². The van der Waals surface area contributed by atoms with Gasteiger partial charge in [0.15, 0.2) is 8.07 Å². The highest BCUT2D eigenvalue weighted by Gasteiger charge is 2.30. The maximum Gasteiger partial charge on any atom is 0.304 e. The molecule has 0 radical (unpaired) electrons. The molecule has 2 nitrogen and oxygen atoms in total. The van der Waals surface area contributed by atoms with E-state index in [4.69, 9.17) is 6.42 Å². The predicted molar refractivity (Wildman–Crippen MR) is 63.4 cm³/mol. The maximum absolute atomic E-state index is 11.3. The summed E-state index contributed by atoms with van der Waals surface area (Å²) in [5, 5.41) is 1.10. The molecule has 0 saturated carbocycles. The summed E-state index contributed by atoms with van der Waals surface area (Å²) in [6, 6.07) is 10.1. The van der Waals surface area contributed by atoms with Gasteiger partial charge in [0.1, 0.15) is 0 Å². The quantitative estimate of drug-likeness (QED) is 0.434. The zero-order valence-corrected chi connectivity index (χ0v) is 9.99. The van der Waals surface area contributed by atoms with E-state index in [9.17, 15) is 4.79 Å². The van der Waals surface area contributed by atoms with Crippen molar-refractivity contribution in [3.63, 3.8) is 0 Å². The lowest BCUT2D eigenvalue weighted by Crippen LogP contribution is -2.45. The lowest BCUT2D eigenvalue weighted by Gasteiger charge is -2.19. The number of carbonyl (C=O) groups is 1. The van der Waals surface area contributed by atoms with Gasteiger partial charge in [0, 0.05) is 0 Å². The van der Waals surface area contributed by atoms with Gasteiger partial charge in [-0.2, -0.15) is 0 Å². The summed E-state index contributed by atoms with van der Waals surface area (Å²) in [5.41, 5.74) is 2.80. The molecule has 1 atom stereocenters. The zero-order chi connectivity index (χ0) is 11.3. The molecule has 1 aromatic carbocycles. The number of terminal acetylenes is 1. The van der Waals surface area contributed by atoms with E-state index in [1.54, 1.807) is 0 Å². The third-order valence-corrected chi connectivity index (χ3v) is 5.70. The minimum atomic E-state index is -2.13.